The van der Waals surface area contributed by atoms with Gasteiger partial charge < -0.3 is 9.67 Å². The Hall–Kier alpha value is -1.63. The van der Waals surface area contributed by atoms with Crippen LogP contribution in [-0.4, -0.2) is 35.6 Å². The standard InChI is InChI=1S/C10H13NO5S/c1-2-17(15,16)6-5-11-4-3-9(12)8(7-11)10(13)14/h3-4,7H,2,5-6H2,1H3,(H,13,14). The van der Waals surface area contributed by atoms with Gasteiger partial charge in [0.1, 0.15) is 5.56 Å². The van der Waals surface area contributed by atoms with Crippen molar-refractivity contribution in [3.8, 4) is 0 Å². The highest BCUT2D eigenvalue weighted by Gasteiger charge is 2.10. The van der Waals surface area contributed by atoms with E-state index in [2.05, 4.69) is 0 Å². The van der Waals surface area contributed by atoms with Gasteiger partial charge in [-0.3, -0.25) is 4.79 Å². The first-order chi connectivity index (χ1) is 7.85. The zero-order chi connectivity index (χ0) is 13.1. The van der Waals surface area contributed by atoms with Gasteiger partial charge in [0.15, 0.2) is 15.3 Å². The number of sulfone groups is 1. The number of nitrogens with zero attached hydrogens (tertiary/aromatic N) is 1. The SMILES string of the molecule is CCS(=O)(=O)CCn1ccc(=O)c(C(=O)O)c1. The molecule has 0 aromatic carbocycles. The summed E-state index contributed by atoms with van der Waals surface area (Å²) >= 11 is 0. The van der Waals surface area contributed by atoms with Crippen LogP contribution in [0.2, 0.25) is 0 Å². The van der Waals surface area contributed by atoms with Crippen LogP contribution in [0, 0.1) is 0 Å². The number of carboxylic acids is 1. The number of rotatable bonds is 5. The molecule has 0 bridgehead atoms. The van der Waals surface area contributed by atoms with Gasteiger partial charge in [0, 0.05) is 30.8 Å². The van der Waals surface area contributed by atoms with Gasteiger partial charge in [0.2, 0.25) is 0 Å². The largest absolute Gasteiger partial charge is 0.477 e. The molecule has 0 saturated heterocycles. The molecule has 17 heavy (non-hydrogen) atoms. The van der Waals surface area contributed by atoms with Crippen LogP contribution < -0.4 is 5.43 Å². The predicted molar refractivity (Wildman–Crippen MR) is 62.0 cm³/mol. The Balaban J connectivity index is 2.91. The molecule has 1 aromatic heterocycles. The van der Waals surface area contributed by atoms with Crippen LogP contribution in [-0.2, 0) is 16.4 Å². The first-order valence-corrected chi connectivity index (χ1v) is 6.81. The molecule has 0 fully saturated rings. The third kappa shape index (κ3) is 3.70. The molecular formula is C10H13NO5S. The quantitative estimate of drug-likeness (QED) is 0.802. The van der Waals surface area contributed by atoms with Gasteiger partial charge in [0.25, 0.3) is 0 Å². The Morgan fingerprint density at radius 1 is 1.47 bits per heavy atom. The van der Waals surface area contributed by atoms with Crippen molar-refractivity contribution >= 4 is 15.8 Å². The van der Waals surface area contributed by atoms with Crippen molar-refractivity contribution < 1.29 is 18.3 Å². The van der Waals surface area contributed by atoms with Gasteiger partial charge in [-0.2, -0.15) is 0 Å². The number of aromatic carboxylic acids is 1. The molecule has 1 rings (SSSR count). The summed E-state index contributed by atoms with van der Waals surface area (Å²) in [6.07, 6.45) is 2.52. The lowest BCUT2D eigenvalue weighted by Gasteiger charge is -2.06. The smallest absolute Gasteiger partial charge is 0.341 e. The predicted octanol–water partition coefficient (Wildman–Crippen LogP) is -0.0188. The second kappa shape index (κ2) is 5.13. The van der Waals surface area contributed by atoms with E-state index in [0.29, 0.717) is 0 Å². The van der Waals surface area contributed by atoms with E-state index in [1.165, 1.54) is 10.8 Å². The van der Waals surface area contributed by atoms with E-state index in [0.717, 1.165) is 12.3 Å². The minimum atomic E-state index is -3.11. The highest BCUT2D eigenvalue weighted by molar-refractivity contribution is 7.91. The summed E-state index contributed by atoms with van der Waals surface area (Å²) in [6, 6.07) is 1.11. The number of aryl methyl sites for hydroxylation is 1. The lowest BCUT2D eigenvalue weighted by atomic mass is 10.3. The van der Waals surface area contributed by atoms with Gasteiger partial charge in [-0.1, -0.05) is 6.92 Å². The molecule has 1 aromatic rings. The number of pyridine rings is 1. The van der Waals surface area contributed by atoms with E-state index in [1.54, 1.807) is 6.92 Å². The zero-order valence-electron chi connectivity index (χ0n) is 9.29. The Morgan fingerprint density at radius 2 is 2.12 bits per heavy atom. The molecule has 6 nitrogen and oxygen atoms in total. The van der Waals surface area contributed by atoms with Crippen molar-refractivity contribution in [2.75, 3.05) is 11.5 Å². The highest BCUT2D eigenvalue weighted by atomic mass is 32.2. The molecule has 0 spiro atoms. The van der Waals surface area contributed by atoms with Crippen molar-refractivity contribution in [2.45, 2.75) is 13.5 Å². The molecule has 0 atom stereocenters. The van der Waals surface area contributed by atoms with Crippen LogP contribution in [0.25, 0.3) is 0 Å². The lowest BCUT2D eigenvalue weighted by Crippen LogP contribution is -2.19. The minimum absolute atomic E-state index is 0.0407. The maximum Gasteiger partial charge on any atom is 0.341 e. The number of hydrogen-bond donors (Lipinski definition) is 1. The lowest BCUT2D eigenvalue weighted by molar-refractivity contribution is 0.0694. The molecule has 94 valence electrons. The molecular weight excluding hydrogens is 246 g/mol. The number of hydrogen-bond acceptors (Lipinski definition) is 4. The molecule has 0 radical (unpaired) electrons. The summed E-state index contributed by atoms with van der Waals surface area (Å²) in [5.74, 6) is -1.35. The zero-order valence-corrected chi connectivity index (χ0v) is 10.1. The van der Waals surface area contributed by atoms with Gasteiger partial charge in [-0.15, -0.1) is 0 Å². The van der Waals surface area contributed by atoms with E-state index in [4.69, 9.17) is 5.11 Å². The molecule has 0 amide bonds. The minimum Gasteiger partial charge on any atom is -0.477 e. The van der Waals surface area contributed by atoms with Crippen LogP contribution in [0.4, 0.5) is 0 Å². The number of aromatic nitrogens is 1. The second-order valence-electron chi connectivity index (χ2n) is 3.50. The van der Waals surface area contributed by atoms with E-state index < -0.39 is 21.2 Å². The van der Waals surface area contributed by atoms with Crippen LogP contribution in [0.3, 0.4) is 0 Å². The van der Waals surface area contributed by atoms with Gasteiger partial charge in [-0.25, -0.2) is 13.2 Å². The van der Waals surface area contributed by atoms with E-state index in [9.17, 15) is 18.0 Å². The molecule has 1 heterocycles. The van der Waals surface area contributed by atoms with Crippen molar-refractivity contribution in [1.82, 2.24) is 4.57 Å². The Bertz CT molecular complexity index is 573. The summed E-state index contributed by atoms with van der Waals surface area (Å²) in [5.41, 5.74) is -0.950. The van der Waals surface area contributed by atoms with Crippen LogP contribution >= 0.6 is 0 Å². The molecule has 0 aliphatic heterocycles. The fourth-order valence-electron chi connectivity index (χ4n) is 1.21. The fraction of sp³-hybridized carbons (Fsp3) is 0.400. The maximum atomic E-state index is 11.3. The summed E-state index contributed by atoms with van der Waals surface area (Å²) in [6.45, 7) is 1.68. The molecule has 0 aliphatic rings. The summed E-state index contributed by atoms with van der Waals surface area (Å²) in [5, 5.41) is 8.73. The third-order valence-corrected chi connectivity index (χ3v) is 3.99. The summed E-state index contributed by atoms with van der Waals surface area (Å²) < 4.78 is 23.9. The number of carboxylic acid groups (broad SMARTS) is 1. The van der Waals surface area contributed by atoms with Crippen LogP contribution in [0.5, 0.6) is 0 Å². The maximum absolute atomic E-state index is 11.3. The normalized spacial score (nSPS) is 11.4. The highest BCUT2D eigenvalue weighted by Crippen LogP contribution is 1.96. The first kappa shape index (κ1) is 13.4. The van der Waals surface area contributed by atoms with Gasteiger partial charge in [-0.05, 0) is 0 Å². The molecule has 0 aliphatic carbocycles. The first-order valence-electron chi connectivity index (χ1n) is 4.99. The molecule has 1 N–H and O–H groups in total. The van der Waals surface area contributed by atoms with E-state index in [-0.39, 0.29) is 23.6 Å². The van der Waals surface area contributed by atoms with Crippen LogP contribution in [0.15, 0.2) is 23.3 Å². The molecule has 0 saturated carbocycles. The third-order valence-electron chi connectivity index (χ3n) is 2.31. The Labute approximate surface area is 98.4 Å². The van der Waals surface area contributed by atoms with Crippen molar-refractivity contribution in [2.24, 2.45) is 0 Å². The molecule has 7 heteroatoms. The van der Waals surface area contributed by atoms with Crippen LogP contribution in [0.1, 0.15) is 17.3 Å². The monoisotopic (exact) mass is 259 g/mol. The average molecular weight is 259 g/mol. The molecule has 0 unspecified atom stereocenters. The Morgan fingerprint density at radius 3 is 2.65 bits per heavy atom. The van der Waals surface area contributed by atoms with E-state index in [1.807, 2.05) is 0 Å². The van der Waals surface area contributed by atoms with Crippen molar-refractivity contribution in [3.63, 3.8) is 0 Å². The van der Waals surface area contributed by atoms with E-state index >= 15 is 0 Å². The second-order valence-corrected chi connectivity index (χ2v) is 5.97. The van der Waals surface area contributed by atoms with Gasteiger partial charge >= 0.3 is 5.97 Å². The Kier molecular flexibility index (Phi) is 4.06. The van der Waals surface area contributed by atoms with Crippen molar-refractivity contribution in [1.29, 1.82) is 0 Å². The fourth-order valence-corrected chi connectivity index (χ4v) is 1.99. The van der Waals surface area contributed by atoms with Crippen molar-refractivity contribution in [3.05, 3.63) is 34.2 Å². The summed E-state index contributed by atoms with van der Waals surface area (Å²) in [4.78, 5) is 21.9. The average Bonchev–Trinajstić information content (AvgIpc) is 2.27. The summed E-state index contributed by atoms with van der Waals surface area (Å²) in [7, 11) is -3.11. The van der Waals surface area contributed by atoms with Gasteiger partial charge in [0.05, 0.1) is 5.75 Å². The number of carbonyl (C=O) groups is 1. The topological polar surface area (TPSA) is 93.4 Å².